The van der Waals surface area contributed by atoms with Crippen molar-refractivity contribution in [3.63, 3.8) is 0 Å². The molecule has 1 saturated carbocycles. The fourth-order valence-electron chi connectivity index (χ4n) is 4.44. The molecule has 2 aliphatic rings. The second kappa shape index (κ2) is 7.71. The number of nitrogens with one attached hydrogen (secondary N) is 1. The van der Waals surface area contributed by atoms with Gasteiger partial charge in [-0.25, -0.2) is 0 Å². The number of aryl methyl sites for hydroxylation is 2. The van der Waals surface area contributed by atoms with Gasteiger partial charge in [-0.15, -0.1) is 0 Å². The van der Waals surface area contributed by atoms with E-state index in [4.69, 9.17) is 0 Å². The lowest BCUT2D eigenvalue weighted by Gasteiger charge is -2.39. The molecule has 3 heteroatoms. The van der Waals surface area contributed by atoms with Crippen LogP contribution in [0, 0.1) is 6.92 Å². The Bertz CT molecular complexity index is 882. The maximum absolute atomic E-state index is 13.2. The highest BCUT2D eigenvalue weighted by atomic mass is 16.2. The lowest BCUT2D eigenvalue weighted by atomic mass is 9.78. The number of carbonyl (C=O) groups excluding carboxylic acids is 1. The van der Waals surface area contributed by atoms with Crippen LogP contribution in [0.5, 0.6) is 0 Å². The molecule has 148 valence electrons. The van der Waals surface area contributed by atoms with Crippen LogP contribution in [0.4, 0.5) is 5.69 Å². The number of fused-ring (bicyclic) bond motifs is 1. The van der Waals surface area contributed by atoms with Crippen molar-refractivity contribution in [2.75, 3.05) is 4.90 Å². The molecule has 1 N–H and O–H groups in total. The first-order valence-corrected chi connectivity index (χ1v) is 10.8. The Morgan fingerprint density at radius 1 is 1.14 bits per heavy atom. The van der Waals surface area contributed by atoms with E-state index >= 15 is 0 Å². The molecule has 1 heterocycles. The van der Waals surface area contributed by atoms with Crippen molar-refractivity contribution in [2.45, 2.75) is 77.9 Å². The van der Waals surface area contributed by atoms with E-state index in [-0.39, 0.29) is 11.4 Å². The summed E-state index contributed by atoms with van der Waals surface area (Å²) < 4.78 is 0. The monoisotopic (exact) mass is 376 g/mol. The standard InChI is InChI=1S/C25H32N2O/c1-4-5-8-19-9-6-10-21(14-19)27-17-23-18(2)13-20(15-22(23)24(27)28)16-26-25(3)11-7-12-25/h6,9-10,13-15,26H,4-5,7-8,11-12,16-17H2,1-3H3. The molecule has 2 aromatic rings. The number of anilines is 1. The van der Waals surface area contributed by atoms with E-state index in [1.54, 1.807) is 0 Å². The third kappa shape index (κ3) is 3.73. The number of hydrogen-bond acceptors (Lipinski definition) is 2. The average molecular weight is 377 g/mol. The molecule has 3 nitrogen and oxygen atoms in total. The van der Waals surface area contributed by atoms with Crippen molar-refractivity contribution >= 4 is 11.6 Å². The smallest absolute Gasteiger partial charge is 0.258 e. The molecule has 0 atom stereocenters. The van der Waals surface area contributed by atoms with Gasteiger partial charge in [0.25, 0.3) is 5.91 Å². The van der Waals surface area contributed by atoms with Gasteiger partial charge in [-0.2, -0.15) is 0 Å². The van der Waals surface area contributed by atoms with Gasteiger partial charge in [0.15, 0.2) is 0 Å². The average Bonchev–Trinajstić information content (AvgIpc) is 3.01. The van der Waals surface area contributed by atoms with Crippen molar-refractivity contribution in [1.29, 1.82) is 0 Å². The second-order valence-corrected chi connectivity index (χ2v) is 8.87. The number of amides is 1. The third-order valence-electron chi connectivity index (χ3n) is 6.54. The van der Waals surface area contributed by atoms with Crippen LogP contribution in [-0.4, -0.2) is 11.4 Å². The minimum absolute atomic E-state index is 0.141. The Balaban J connectivity index is 1.54. The molecule has 0 saturated heterocycles. The van der Waals surface area contributed by atoms with Crippen molar-refractivity contribution in [1.82, 2.24) is 5.32 Å². The van der Waals surface area contributed by atoms with Gasteiger partial charge in [0.2, 0.25) is 0 Å². The topological polar surface area (TPSA) is 32.3 Å². The van der Waals surface area contributed by atoms with Crippen LogP contribution >= 0.6 is 0 Å². The fourth-order valence-corrected chi connectivity index (χ4v) is 4.44. The van der Waals surface area contributed by atoms with Crippen LogP contribution in [0.1, 0.15) is 78.6 Å². The van der Waals surface area contributed by atoms with Gasteiger partial charge in [-0.3, -0.25) is 4.79 Å². The van der Waals surface area contributed by atoms with E-state index in [1.165, 1.54) is 54.4 Å². The molecule has 1 amide bonds. The molecule has 0 unspecified atom stereocenters. The molecular weight excluding hydrogens is 344 g/mol. The highest BCUT2D eigenvalue weighted by Gasteiger charge is 2.32. The van der Waals surface area contributed by atoms with Crippen LogP contribution < -0.4 is 10.2 Å². The molecule has 0 spiro atoms. The van der Waals surface area contributed by atoms with Crippen LogP contribution in [0.15, 0.2) is 36.4 Å². The Hall–Kier alpha value is -2.13. The minimum atomic E-state index is 0.141. The number of hydrogen-bond donors (Lipinski definition) is 1. The first-order chi connectivity index (χ1) is 13.5. The Labute approximate surface area is 169 Å². The number of nitrogens with zero attached hydrogens (tertiary/aromatic N) is 1. The van der Waals surface area contributed by atoms with Crippen molar-refractivity contribution in [3.05, 3.63) is 64.2 Å². The zero-order valence-electron chi connectivity index (χ0n) is 17.5. The van der Waals surface area contributed by atoms with Crippen molar-refractivity contribution < 1.29 is 4.79 Å². The highest BCUT2D eigenvalue weighted by molar-refractivity contribution is 6.10. The lowest BCUT2D eigenvalue weighted by molar-refractivity contribution is 0.0996. The minimum Gasteiger partial charge on any atom is -0.307 e. The van der Waals surface area contributed by atoms with E-state index in [2.05, 4.69) is 62.5 Å². The molecule has 1 aliphatic carbocycles. The van der Waals surface area contributed by atoms with Gasteiger partial charge in [-0.05, 0) is 86.4 Å². The number of unbranched alkanes of at least 4 members (excludes halogenated alkanes) is 1. The Kier molecular flexibility index (Phi) is 5.29. The second-order valence-electron chi connectivity index (χ2n) is 8.87. The molecule has 28 heavy (non-hydrogen) atoms. The predicted molar refractivity (Wildman–Crippen MR) is 116 cm³/mol. The molecule has 4 rings (SSSR count). The zero-order valence-corrected chi connectivity index (χ0v) is 17.5. The van der Waals surface area contributed by atoms with Gasteiger partial charge in [0.1, 0.15) is 0 Å². The number of rotatable bonds is 7. The summed E-state index contributed by atoms with van der Waals surface area (Å²) in [5.74, 6) is 0.141. The summed E-state index contributed by atoms with van der Waals surface area (Å²) in [7, 11) is 0. The maximum Gasteiger partial charge on any atom is 0.258 e. The van der Waals surface area contributed by atoms with Gasteiger partial charge in [0.05, 0.1) is 6.54 Å². The molecule has 0 radical (unpaired) electrons. The van der Waals surface area contributed by atoms with Crippen molar-refractivity contribution in [2.24, 2.45) is 0 Å². The molecule has 2 aromatic carbocycles. The normalized spacial score (nSPS) is 17.5. The van der Waals surface area contributed by atoms with E-state index in [1.807, 2.05) is 4.90 Å². The van der Waals surface area contributed by atoms with E-state index < -0.39 is 0 Å². The summed E-state index contributed by atoms with van der Waals surface area (Å²) in [6, 6.07) is 12.9. The molecule has 0 bridgehead atoms. The van der Waals surface area contributed by atoms with Crippen LogP contribution in [0.25, 0.3) is 0 Å². The summed E-state index contributed by atoms with van der Waals surface area (Å²) in [5.41, 5.74) is 7.13. The molecular formula is C25H32N2O. The number of carbonyl (C=O) groups is 1. The van der Waals surface area contributed by atoms with Crippen LogP contribution in [-0.2, 0) is 19.5 Å². The third-order valence-corrected chi connectivity index (χ3v) is 6.54. The van der Waals surface area contributed by atoms with Crippen LogP contribution in [0.2, 0.25) is 0 Å². The van der Waals surface area contributed by atoms with Gasteiger partial charge in [0, 0.05) is 23.3 Å². The van der Waals surface area contributed by atoms with Gasteiger partial charge in [-0.1, -0.05) is 31.5 Å². The maximum atomic E-state index is 13.2. The summed E-state index contributed by atoms with van der Waals surface area (Å²) in [6.07, 6.45) is 7.26. The van der Waals surface area contributed by atoms with E-state index in [9.17, 15) is 4.79 Å². The van der Waals surface area contributed by atoms with E-state index in [0.29, 0.717) is 6.54 Å². The molecule has 1 aliphatic heterocycles. The summed E-state index contributed by atoms with van der Waals surface area (Å²) >= 11 is 0. The summed E-state index contributed by atoms with van der Waals surface area (Å²) in [6.45, 7) is 8.18. The van der Waals surface area contributed by atoms with Gasteiger partial charge >= 0.3 is 0 Å². The molecule has 0 aromatic heterocycles. The predicted octanol–water partition coefficient (Wildman–Crippen LogP) is 5.53. The molecule has 1 fully saturated rings. The summed E-state index contributed by atoms with van der Waals surface area (Å²) in [5, 5.41) is 3.69. The SMILES string of the molecule is CCCCc1cccc(N2Cc3c(C)cc(CNC4(C)CCC4)cc3C2=O)c1. The Morgan fingerprint density at radius 2 is 1.96 bits per heavy atom. The van der Waals surface area contributed by atoms with E-state index in [0.717, 1.165) is 24.2 Å². The zero-order chi connectivity index (χ0) is 19.7. The number of benzene rings is 2. The fraction of sp³-hybridized carbons (Fsp3) is 0.480. The lowest BCUT2D eigenvalue weighted by Crippen LogP contribution is -2.47. The quantitative estimate of drug-likeness (QED) is 0.689. The largest absolute Gasteiger partial charge is 0.307 e. The summed E-state index contributed by atoms with van der Waals surface area (Å²) in [4.78, 5) is 15.1. The first kappa shape index (κ1) is 19.2. The van der Waals surface area contributed by atoms with Crippen LogP contribution in [0.3, 0.4) is 0 Å². The highest BCUT2D eigenvalue weighted by Crippen LogP contribution is 2.33. The van der Waals surface area contributed by atoms with Gasteiger partial charge < -0.3 is 10.2 Å². The Morgan fingerprint density at radius 3 is 2.68 bits per heavy atom. The van der Waals surface area contributed by atoms with Crippen molar-refractivity contribution in [3.8, 4) is 0 Å². The first-order valence-electron chi connectivity index (χ1n) is 10.8.